The zero-order valence-corrected chi connectivity index (χ0v) is 14.9. The first-order chi connectivity index (χ1) is 12.1. The van der Waals surface area contributed by atoms with E-state index in [1.54, 1.807) is 18.4 Å². The Balaban J connectivity index is 1.85. The minimum absolute atomic E-state index is 0.0464. The molecule has 1 atom stereocenters. The predicted octanol–water partition coefficient (Wildman–Crippen LogP) is 2.89. The molecule has 1 saturated heterocycles. The molecule has 0 bridgehead atoms. The number of carbonyl (C=O) groups excluding carboxylic acids is 2. The summed E-state index contributed by atoms with van der Waals surface area (Å²) in [5, 5.41) is 6.98. The zero-order chi connectivity index (χ0) is 17.7. The van der Waals surface area contributed by atoms with E-state index in [4.69, 9.17) is 9.47 Å². The number of hydrogen-bond donors (Lipinski definition) is 1. The second-order valence-corrected chi connectivity index (χ2v) is 6.86. The molecule has 1 unspecified atom stereocenters. The number of benzene rings is 1. The van der Waals surface area contributed by atoms with Crippen molar-refractivity contribution in [1.82, 2.24) is 5.32 Å². The molecule has 1 aromatic heterocycles. The Labute approximate surface area is 151 Å². The summed E-state index contributed by atoms with van der Waals surface area (Å²) in [7, 11) is 1.67. The molecule has 1 aromatic carbocycles. The van der Waals surface area contributed by atoms with Crippen LogP contribution in [0.4, 0.5) is 0 Å². The molecule has 2 aromatic rings. The topological polar surface area (TPSA) is 64.6 Å². The number of ether oxygens (including phenoxy) is 2. The maximum absolute atomic E-state index is 12.1. The van der Waals surface area contributed by atoms with Crippen molar-refractivity contribution in [3.8, 4) is 5.75 Å². The van der Waals surface area contributed by atoms with Crippen LogP contribution >= 0.6 is 11.3 Å². The highest BCUT2D eigenvalue weighted by Crippen LogP contribution is 2.37. The summed E-state index contributed by atoms with van der Waals surface area (Å²) in [6.45, 7) is 1.24. The fraction of sp³-hybridized carbons (Fsp3) is 0.368. The van der Waals surface area contributed by atoms with E-state index in [0.717, 1.165) is 23.3 Å². The SMILES string of the molecule is COCCCOc1ccc(C2(c3ccsc3)CC(=O)CC(=O)N2)cc1. The van der Waals surface area contributed by atoms with Gasteiger partial charge in [-0.25, -0.2) is 0 Å². The van der Waals surface area contributed by atoms with Gasteiger partial charge in [0.05, 0.1) is 18.6 Å². The minimum Gasteiger partial charge on any atom is -0.494 e. The molecule has 132 valence electrons. The highest BCUT2D eigenvalue weighted by atomic mass is 32.1. The smallest absolute Gasteiger partial charge is 0.228 e. The summed E-state index contributed by atoms with van der Waals surface area (Å²) >= 11 is 1.55. The molecular weight excluding hydrogens is 338 g/mol. The van der Waals surface area contributed by atoms with Gasteiger partial charge in [0.2, 0.25) is 5.91 Å². The summed E-state index contributed by atoms with van der Waals surface area (Å²) in [5.74, 6) is 0.478. The van der Waals surface area contributed by atoms with E-state index in [-0.39, 0.29) is 24.5 Å². The van der Waals surface area contributed by atoms with Gasteiger partial charge in [0.1, 0.15) is 11.5 Å². The van der Waals surface area contributed by atoms with Crippen molar-refractivity contribution < 1.29 is 19.1 Å². The van der Waals surface area contributed by atoms with Crippen molar-refractivity contribution in [3.05, 3.63) is 52.2 Å². The number of piperidine rings is 1. The van der Waals surface area contributed by atoms with Crippen LogP contribution in [0.5, 0.6) is 5.75 Å². The monoisotopic (exact) mass is 359 g/mol. The number of amides is 1. The number of rotatable bonds is 7. The molecule has 1 fully saturated rings. The van der Waals surface area contributed by atoms with E-state index in [9.17, 15) is 9.59 Å². The van der Waals surface area contributed by atoms with Crippen LogP contribution in [-0.4, -0.2) is 32.0 Å². The zero-order valence-electron chi connectivity index (χ0n) is 14.1. The Morgan fingerprint density at radius 1 is 1.12 bits per heavy atom. The summed E-state index contributed by atoms with van der Waals surface area (Å²) in [6.07, 6.45) is 1.04. The van der Waals surface area contributed by atoms with Gasteiger partial charge in [-0.3, -0.25) is 9.59 Å². The molecule has 1 aliphatic heterocycles. The third-order valence-corrected chi connectivity index (χ3v) is 4.98. The molecule has 0 spiro atoms. The highest BCUT2D eigenvalue weighted by Gasteiger charge is 2.42. The molecule has 3 rings (SSSR count). The summed E-state index contributed by atoms with van der Waals surface area (Å²) < 4.78 is 10.7. The van der Waals surface area contributed by atoms with Crippen LogP contribution in [0.15, 0.2) is 41.1 Å². The van der Waals surface area contributed by atoms with E-state index in [0.29, 0.717) is 13.2 Å². The number of thiophene rings is 1. The van der Waals surface area contributed by atoms with Crippen LogP contribution < -0.4 is 10.1 Å². The van der Waals surface area contributed by atoms with E-state index < -0.39 is 5.54 Å². The maximum atomic E-state index is 12.1. The normalized spacial score (nSPS) is 20.4. The third-order valence-electron chi connectivity index (χ3n) is 4.30. The summed E-state index contributed by atoms with van der Waals surface area (Å²) in [5.41, 5.74) is 1.03. The summed E-state index contributed by atoms with van der Waals surface area (Å²) in [4.78, 5) is 24.2. The van der Waals surface area contributed by atoms with Gasteiger partial charge in [-0.15, -0.1) is 0 Å². The van der Waals surface area contributed by atoms with Gasteiger partial charge in [0.15, 0.2) is 0 Å². The second-order valence-electron chi connectivity index (χ2n) is 6.08. The highest BCUT2D eigenvalue weighted by molar-refractivity contribution is 7.08. The van der Waals surface area contributed by atoms with Gasteiger partial charge in [-0.1, -0.05) is 12.1 Å². The Kier molecular flexibility index (Phi) is 5.50. The Morgan fingerprint density at radius 3 is 2.56 bits per heavy atom. The fourth-order valence-corrected chi connectivity index (χ4v) is 3.85. The standard InChI is InChI=1S/C19H21NO4S/c1-23-8-2-9-24-17-5-3-14(4-6-17)19(15-7-10-25-13-15)12-16(21)11-18(22)20-19/h3-7,10,13H,2,8-9,11-12H2,1H3,(H,20,22). The first kappa shape index (κ1) is 17.6. The van der Waals surface area contributed by atoms with Crippen LogP contribution in [0.25, 0.3) is 0 Å². The van der Waals surface area contributed by atoms with Crippen LogP contribution in [0.2, 0.25) is 0 Å². The molecule has 1 N–H and O–H groups in total. The Bertz CT molecular complexity index is 708. The molecule has 0 aliphatic carbocycles. The molecule has 0 radical (unpaired) electrons. The molecule has 1 amide bonds. The van der Waals surface area contributed by atoms with Crippen molar-refractivity contribution in [1.29, 1.82) is 0 Å². The number of nitrogens with one attached hydrogen (secondary N) is 1. The number of methoxy groups -OCH3 is 1. The quantitative estimate of drug-likeness (QED) is 0.610. The lowest BCUT2D eigenvalue weighted by Crippen LogP contribution is -2.52. The Morgan fingerprint density at radius 2 is 1.92 bits per heavy atom. The van der Waals surface area contributed by atoms with E-state index >= 15 is 0 Å². The molecule has 0 saturated carbocycles. The largest absolute Gasteiger partial charge is 0.494 e. The molecule has 5 nitrogen and oxygen atoms in total. The third kappa shape index (κ3) is 3.91. The van der Waals surface area contributed by atoms with E-state index in [1.807, 2.05) is 41.1 Å². The number of hydrogen-bond acceptors (Lipinski definition) is 5. The average molecular weight is 359 g/mol. The van der Waals surface area contributed by atoms with Gasteiger partial charge < -0.3 is 14.8 Å². The lowest BCUT2D eigenvalue weighted by molar-refractivity contribution is -0.133. The number of ketones is 1. The Hall–Kier alpha value is -2.18. The molecule has 1 aliphatic rings. The van der Waals surface area contributed by atoms with Crippen LogP contribution in [-0.2, 0) is 19.9 Å². The lowest BCUT2D eigenvalue weighted by Gasteiger charge is -2.37. The van der Waals surface area contributed by atoms with Gasteiger partial charge in [-0.05, 0) is 40.1 Å². The van der Waals surface area contributed by atoms with Crippen molar-refractivity contribution in [2.24, 2.45) is 0 Å². The fourth-order valence-electron chi connectivity index (χ4n) is 3.12. The average Bonchev–Trinajstić information content (AvgIpc) is 3.13. The summed E-state index contributed by atoms with van der Waals surface area (Å²) in [6, 6.07) is 9.55. The van der Waals surface area contributed by atoms with Crippen molar-refractivity contribution in [2.45, 2.75) is 24.8 Å². The van der Waals surface area contributed by atoms with E-state index in [2.05, 4.69) is 5.32 Å². The first-order valence-corrected chi connectivity index (χ1v) is 9.16. The molecular formula is C19H21NO4S. The van der Waals surface area contributed by atoms with Gasteiger partial charge in [0, 0.05) is 26.6 Å². The van der Waals surface area contributed by atoms with Crippen LogP contribution in [0, 0.1) is 0 Å². The number of Topliss-reactive ketones (excluding diaryl/α,β-unsaturated/α-hetero) is 1. The van der Waals surface area contributed by atoms with Crippen LogP contribution in [0.1, 0.15) is 30.4 Å². The van der Waals surface area contributed by atoms with Gasteiger partial charge >= 0.3 is 0 Å². The minimum atomic E-state index is -0.791. The number of carbonyl (C=O) groups is 2. The van der Waals surface area contributed by atoms with Crippen molar-refractivity contribution in [3.63, 3.8) is 0 Å². The molecule has 2 heterocycles. The molecule has 6 heteroatoms. The van der Waals surface area contributed by atoms with Crippen LogP contribution in [0.3, 0.4) is 0 Å². The molecule has 25 heavy (non-hydrogen) atoms. The second kappa shape index (κ2) is 7.80. The van der Waals surface area contributed by atoms with Gasteiger partial charge in [-0.2, -0.15) is 11.3 Å². The maximum Gasteiger partial charge on any atom is 0.228 e. The lowest BCUT2D eigenvalue weighted by atomic mass is 9.77. The van der Waals surface area contributed by atoms with E-state index in [1.165, 1.54) is 0 Å². The van der Waals surface area contributed by atoms with Gasteiger partial charge in [0.25, 0.3) is 0 Å². The van der Waals surface area contributed by atoms with Crippen molar-refractivity contribution >= 4 is 23.0 Å². The first-order valence-electron chi connectivity index (χ1n) is 8.22. The van der Waals surface area contributed by atoms with Crippen molar-refractivity contribution in [2.75, 3.05) is 20.3 Å². The predicted molar refractivity (Wildman–Crippen MR) is 95.9 cm³/mol.